The van der Waals surface area contributed by atoms with Crippen molar-refractivity contribution in [2.24, 2.45) is 0 Å². The molecule has 1 saturated carbocycles. The molecule has 0 spiro atoms. The predicted octanol–water partition coefficient (Wildman–Crippen LogP) is 4.39. The van der Waals surface area contributed by atoms with Gasteiger partial charge in [-0.05, 0) is 37.9 Å². The third-order valence-corrected chi connectivity index (χ3v) is 5.05. The van der Waals surface area contributed by atoms with Gasteiger partial charge in [-0.15, -0.1) is 0 Å². The van der Waals surface area contributed by atoms with Crippen LogP contribution in [-0.2, 0) is 0 Å². The average molecular weight is 267 g/mol. The van der Waals surface area contributed by atoms with Gasteiger partial charge in [-0.25, -0.2) is 0 Å². The summed E-state index contributed by atoms with van der Waals surface area (Å²) in [6, 6.07) is 4.46. The highest BCUT2D eigenvalue weighted by atomic mass is 32.2. The number of thioether (sulfide) groups is 1. The van der Waals surface area contributed by atoms with E-state index in [-0.39, 0.29) is 0 Å². The largest absolute Gasteiger partial charge is 0.468 e. The van der Waals surface area contributed by atoms with E-state index in [1.807, 2.05) is 6.07 Å². The molecule has 1 N–H and O–H groups in total. The van der Waals surface area contributed by atoms with Crippen molar-refractivity contribution in [3.63, 3.8) is 0 Å². The zero-order valence-corrected chi connectivity index (χ0v) is 12.2. The molecular formula is C15H25NOS. The highest BCUT2D eigenvalue weighted by Gasteiger charge is 2.18. The van der Waals surface area contributed by atoms with Crippen LogP contribution in [0.5, 0.6) is 0 Å². The van der Waals surface area contributed by atoms with E-state index in [0.29, 0.717) is 6.04 Å². The highest BCUT2D eigenvalue weighted by molar-refractivity contribution is 7.99. The summed E-state index contributed by atoms with van der Waals surface area (Å²) in [7, 11) is 0. The molecule has 2 rings (SSSR count). The minimum atomic E-state index is 0.381. The third-order valence-electron chi connectivity index (χ3n) is 3.58. The van der Waals surface area contributed by atoms with Gasteiger partial charge in [0.15, 0.2) is 0 Å². The number of hydrogen-bond acceptors (Lipinski definition) is 3. The lowest BCUT2D eigenvalue weighted by molar-refractivity contribution is 0.434. The molecule has 2 nitrogen and oxygen atoms in total. The van der Waals surface area contributed by atoms with Crippen LogP contribution in [0.2, 0.25) is 0 Å². The summed E-state index contributed by atoms with van der Waals surface area (Å²) in [5.41, 5.74) is 0. The quantitative estimate of drug-likeness (QED) is 0.793. The Balaban J connectivity index is 1.80. The average Bonchev–Trinajstić information content (AvgIpc) is 2.94. The van der Waals surface area contributed by atoms with Crippen molar-refractivity contribution >= 4 is 11.8 Å². The normalized spacial score (nSPS) is 18.9. The lowest BCUT2D eigenvalue weighted by Crippen LogP contribution is -2.25. The molecule has 1 aliphatic carbocycles. The van der Waals surface area contributed by atoms with Crippen molar-refractivity contribution in [2.75, 3.05) is 12.3 Å². The molecule has 0 aliphatic heterocycles. The number of rotatable bonds is 7. The SMILES string of the molecule is CCCNC(CSC1CCCCC1)c1ccco1. The second kappa shape index (κ2) is 7.90. The molecular weight excluding hydrogens is 242 g/mol. The molecule has 1 aromatic rings. The van der Waals surface area contributed by atoms with Gasteiger partial charge in [0.25, 0.3) is 0 Å². The van der Waals surface area contributed by atoms with Gasteiger partial charge < -0.3 is 9.73 Å². The topological polar surface area (TPSA) is 25.2 Å². The van der Waals surface area contributed by atoms with Crippen LogP contribution in [0.15, 0.2) is 22.8 Å². The van der Waals surface area contributed by atoms with Gasteiger partial charge in [0.2, 0.25) is 0 Å². The van der Waals surface area contributed by atoms with Crippen LogP contribution in [0.3, 0.4) is 0 Å². The maximum atomic E-state index is 5.56. The predicted molar refractivity (Wildman–Crippen MR) is 79.1 cm³/mol. The summed E-state index contributed by atoms with van der Waals surface area (Å²) in [5, 5.41) is 4.47. The summed E-state index contributed by atoms with van der Waals surface area (Å²) in [4.78, 5) is 0. The van der Waals surface area contributed by atoms with Gasteiger partial charge in [-0.2, -0.15) is 11.8 Å². The summed E-state index contributed by atoms with van der Waals surface area (Å²) < 4.78 is 5.56. The first-order chi connectivity index (χ1) is 8.90. The van der Waals surface area contributed by atoms with E-state index in [2.05, 4.69) is 30.1 Å². The molecule has 1 heterocycles. The molecule has 0 amide bonds. The number of nitrogens with one attached hydrogen (secondary N) is 1. The van der Waals surface area contributed by atoms with Gasteiger partial charge in [0.05, 0.1) is 12.3 Å². The second-order valence-corrected chi connectivity index (χ2v) is 6.45. The van der Waals surface area contributed by atoms with Crippen LogP contribution in [0, 0.1) is 0 Å². The van der Waals surface area contributed by atoms with Crippen molar-refractivity contribution in [1.29, 1.82) is 0 Å². The Labute approximate surface area is 115 Å². The van der Waals surface area contributed by atoms with Crippen molar-refractivity contribution in [1.82, 2.24) is 5.32 Å². The summed E-state index contributed by atoms with van der Waals surface area (Å²) in [6.45, 7) is 3.27. The first-order valence-electron chi connectivity index (χ1n) is 7.28. The van der Waals surface area contributed by atoms with E-state index < -0.39 is 0 Å². The van der Waals surface area contributed by atoms with E-state index in [9.17, 15) is 0 Å². The minimum absolute atomic E-state index is 0.381. The Bertz CT molecular complexity index is 306. The fraction of sp³-hybridized carbons (Fsp3) is 0.733. The minimum Gasteiger partial charge on any atom is -0.468 e. The standard InChI is InChI=1S/C15H25NOS/c1-2-10-16-14(15-9-6-11-17-15)12-18-13-7-4-3-5-8-13/h6,9,11,13-14,16H,2-5,7-8,10,12H2,1H3. The Kier molecular flexibility index (Phi) is 6.15. The summed E-state index contributed by atoms with van der Waals surface area (Å²) in [5.74, 6) is 2.23. The summed E-state index contributed by atoms with van der Waals surface area (Å²) >= 11 is 2.13. The number of hydrogen-bond donors (Lipinski definition) is 1. The van der Waals surface area contributed by atoms with Gasteiger partial charge in [0, 0.05) is 11.0 Å². The Morgan fingerprint density at radius 1 is 1.39 bits per heavy atom. The fourth-order valence-corrected chi connectivity index (χ4v) is 3.93. The van der Waals surface area contributed by atoms with Crippen molar-refractivity contribution in [2.45, 2.75) is 56.7 Å². The monoisotopic (exact) mass is 267 g/mol. The molecule has 1 atom stereocenters. The highest BCUT2D eigenvalue weighted by Crippen LogP contribution is 2.31. The molecule has 0 bridgehead atoms. The summed E-state index contributed by atoms with van der Waals surface area (Å²) in [6.07, 6.45) is 10.0. The third kappa shape index (κ3) is 4.36. The van der Waals surface area contributed by atoms with Crippen LogP contribution in [-0.4, -0.2) is 17.5 Å². The molecule has 1 aromatic heterocycles. The van der Waals surface area contributed by atoms with Crippen molar-refractivity contribution in [3.8, 4) is 0 Å². The molecule has 0 aromatic carbocycles. The Hall–Kier alpha value is -0.410. The van der Waals surface area contributed by atoms with Crippen LogP contribution >= 0.6 is 11.8 Å². The van der Waals surface area contributed by atoms with E-state index in [0.717, 1.165) is 23.3 Å². The molecule has 3 heteroatoms. The van der Waals surface area contributed by atoms with Crippen LogP contribution < -0.4 is 5.32 Å². The molecule has 0 saturated heterocycles. The van der Waals surface area contributed by atoms with E-state index in [4.69, 9.17) is 4.42 Å². The Morgan fingerprint density at radius 3 is 2.89 bits per heavy atom. The number of furan rings is 1. The molecule has 102 valence electrons. The van der Waals surface area contributed by atoms with Gasteiger partial charge in [-0.1, -0.05) is 26.2 Å². The van der Waals surface area contributed by atoms with Crippen LogP contribution in [0.4, 0.5) is 0 Å². The van der Waals surface area contributed by atoms with E-state index in [1.54, 1.807) is 6.26 Å². The zero-order valence-electron chi connectivity index (χ0n) is 11.4. The fourth-order valence-electron chi connectivity index (χ4n) is 2.51. The molecule has 1 aliphatic rings. The first-order valence-corrected chi connectivity index (χ1v) is 8.33. The molecule has 1 fully saturated rings. The van der Waals surface area contributed by atoms with E-state index in [1.165, 1.54) is 38.5 Å². The Morgan fingerprint density at radius 2 is 2.22 bits per heavy atom. The molecule has 0 radical (unpaired) electrons. The van der Waals surface area contributed by atoms with Gasteiger partial charge in [0.1, 0.15) is 5.76 Å². The second-order valence-electron chi connectivity index (χ2n) is 5.12. The lowest BCUT2D eigenvalue weighted by Gasteiger charge is -2.23. The van der Waals surface area contributed by atoms with Crippen LogP contribution in [0.1, 0.15) is 57.3 Å². The smallest absolute Gasteiger partial charge is 0.121 e. The van der Waals surface area contributed by atoms with Crippen LogP contribution in [0.25, 0.3) is 0 Å². The van der Waals surface area contributed by atoms with E-state index >= 15 is 0 Å². The maximum absolute atomic E-state index is 5.56. The zero-order chi connectivity index (χ0) is 12.6. The molecule has 1 unspecified atom stereocenters. The first kappa shape index (κ1) is 14.0. The van der Waals surface area contributed by atoms with Gasteiger partial charge >= 0.3 is 0 Å². The lowest BCUT2D eigenvalue weighted by atomic mass is 10.0. The van der Waals surface area contributed by atoms with Gasteiger partial charge in [-0.3, -0.25) is 0 Å². The maximum Gasteiger partial charge on any atom is 0.121 e. The molecule has 18 heavy (non-hydrogen) atoms. The van der Waals surface area contributed by atoms with Crippen molar-refractivity contribution < 1.29 is 4.42 Å². The van der Waals surface area contributed by atoms with Crippen molar-refractivity contribution in [3.05, 3.63) is 24.2 Å².